The zero-order valence-electron chi connectivity index (χ0n) is 8.37. The molecule has 0 saturated heterocycles. The maximum Gasteiger partial charge on any atom is 0.128 e. The van der Waals surface area contributed by atoms with Crippen molar-refractivity contribution in [3.63, 3.8) is 0 Å². The molecule has 2 rings (SSSR count). The Morgan fingerprint density at radius 2 is 2.20 bits per heavy atom. The molecule has 0 radical (unpaired) electrons. The number of halogens is 2. The van der Waals surface area contributed by atoms with Crippen molar-refractivity contribution >= 4 is 15.9 Å². The number of hydrogen-bond donors (Lipinski definition) is 2. The van der Waals surface area contributed by atoms with Crippen LogP contribution in [0.4, 0.5) is 4.39 Å². The van der Waals surface area contributed by atoms with Crippen LogP contribution in [0.3, 0.4) is 0 Å². The van der Waals surface area contributed by atoms with Gasteiger partial charge in [0.05, 0.1) is 6.10 Å². The van der Waals surface area contributed by atoms with Gasteiger partial charge in [0.25, 0.3) is 0 Å². The smallest absolute Gasteiger partial charge is 0.128 e. The van der Waals surface area contributed by atoms with E-state index in [9.17, 15) is 9.50 Å². The lowest BCUT2D eigenvalue weighted by Crippen LogP contribution is -2.37. The Kier molecular flexibility index (Phi) is 2.61. The summed E-state index contributed by atoms with van der Waals surface area (Å²) in [7, 11) is 0. The summed E-state index contributed by atoms with van der Waals surface area (Å²) < 4.78 is 14.4. The molecule has 1 aliphatic carbocycles. The minimum atomic E-state index is -0.798. The maximum absolute atomic E-state index is 13.6. The van der Waals surface area contributed by atoms with Crippen molar-refractivity contribution < 1.29 is 9.50 Å². The van der Waals surface area contributed by atoms with Crippen molar-refractivity contribution in [2.45, 2.75) is 25.0 Å². The Bertz CT molecular complexity index is 394. The van der Waals surface area contributed by atoms with E-state index in [1.165, 1.54) is 6.07 Å². The van der Waals surface area contributed by atoms with Crippen LogP contribution in [-0.4, -0.2) is 11.2 Å². The van der Waals surface area contributed by atoms with Gasteiger partial charge in [0, 0.05) is 21.5 Å². The summed E-state index contributed by atoms with van der Waals surface area (Å²) in [4.78, 5) is 0. The Morgan fingerprint density at radius 1 is 1.60 bits per heavy atom. The average molecular weight is 274 g/mol. The van der Waals surface area contributed by atoms with Crippen LogP contribution in [0.2, 0.25) is 0 Å². The number of benzene rings is 1. The van der Waals surface area contributed by atoms with Gasteiger partial charge in [-0.3, -0.25) is 0 Å². The highest BCUT2D eigenvalue weighted by atomic mass is 79.9. The van der Waals surface area contributed by atoms with Gasteiger partial charge in [-0.15, -0.1) is 0 Å². The fourth-order valence-corrected chi connectivity index (χ4v) is 2.30. The molecule has 1 saturated carbocycles. The Morgan fingerprint density at radius 3 is 2.73 bits per heavy atom. The van der Waals surface area contributed by atoms with Crippen molar-refractivity contribution in [2.24, 2.45) is 11.7 Å². The molecule has 1 aliphatic rings. The molecule has 15 heavy (non-hydrogen) atoms. The third kappa shape index (κ3) is 1.94. The Labute approximate surface area is 96.4 Å². The van der Waals surface area contributed by atoms with E-state index in [-0.39, 0.29) is 11.7 Å². The normalized spacial score (nSPS) is 28.6. The molecule has 1 unspecified atom stereocenters. The predicted octanol–water partition coefficient (Wildman–Crippen LogP) is 2.14. The molecule has 1 fully saturated rings. The second-order valence-corrected chi connectivity index (χ2v) is 5.23. The van der Waals surface area contributed by atoms with E-state index in [0.717, 1.165) is 4.47 Å². The van der Waals surface area contributed by atoms with E-state index >= 15 is 0 Å². The van der Waals surface area contributed by atoms with Crippen LogP contribution in [0.15, 0.2) is 22.7 Å². The molecule has 0 amide bonds. The van der Waals surface area contributed by atoms with Gasteiger partial charge in [-0.1, -0.05) is 15.9 Å². The van der Waals surface area contributed by atoms with Crippen LogP contribution in [0.1, 0.15) is 18.9 Å². The van der Waals surface area contributed by atoms with Gasteiger partial charge >= 0.3 is 0 Å². The third-order valence-electron chi connectivity index (χ3n) is 3.04. The molecule has 0 aromatic heterocycles. The van der Waals surface area contributed by atoms with Crippen molar-refractivity contribution in [3.8, 4) is 0 Å². The van der Waals surface area contributed by atoms with E-state index in [0.29, 0.717) is 12.0 Å². The molecule has 3 atom stereocenters. The summed E-state index contributed by atoms with van der Waals surface area (Å²) >= 11 is 3.29. The molecule has 4 heteroatoms. The molecule has 0 aliphatic heterocycles. The molecule has 82 valence electrons. The monoisotopic (exact) mass is 273 g/mol. The van der Waals surface area contributed by atoms with Gasteiger partial charge in [0.2, 0.25) is 0 Å². The van der Waals surface area contributed by atoms with Gasteiger partial charge in [-0.2, -0.15) is 0 Å². The number of aliphatic hydroxyl groups is 1. The van der Waals surface area contributed by atoms with Crippen LogP contribution in [0.5, 0.6) is 0 Å². The highest BCUT2D eigenvalue weighted by molar-refractivity contribution is 9.10. The van der Waals surface area contributed by atoms with Crippen molar-refractivity contribution in [1.29, 1.82) is 0 Å². The zero-order valence-corrected chi connectivity index (χ0v) is 9.96. The first kappa shape index (κ1) is 11.0. The lowest BCUT2D eigenvalue weighted by Gasteiger charge is -2.25. The highest BCUT2D eigenvalue weighted by Crippen LogP contribution is 2.45. The number of hydrogen-bond acceptors (Lipinski definition) is 2. The predicted molar refractivity (Wildman–Crippen MR) is 59.8 cm³/mol. The number of nitrogens with two attached hydrogens (primary N) is 1. The van der Waals surface area contributed by atoms with Gasteiger partial charge in [0.15, 0.2) is 0 Å². The maximum atomic E-state index is 13.6. The molecule has 2 nitrogen and oxygen atoms in total. The standard InChI is InChI=1S/C11H13BrFNO/c1-11(14,8-5-10(8)15)7-4-6(12)2-3-9(7)13/h2-4,8,10,15H,5,14H2,1H3/t8-,10?,11-/m0/s1. The van der Waals surface area contributed by atoms with E-state index < -0.39 is 11.6 Å². The molecule has 0 heterocycles. The third-order valence-corrected chi connectivity index (χ3v) is 3.53. The second-order valence-electron chi connectivity index (χ2n) is 4.32. The lowest BCUT2D eigenvalue weighted by atomic mass is 9.87. The lowest BCUT2D eigenvalue weighted by molar-refractivity contribution is 0.228. The molecule has 0 bridgehead atoms. The van der Waals surface area contributed by atoms with Crippen LogP contribution >= 0.6 is 15.9 Å². The average Bonchev–Trinajstić information content (AvgIpc) is 2.87. The molecular formula is C11H13BrFNO. The summed E-state index contributed by atoms with van der Waals surface area (Å²) in [5.41, 5.74) is 5.74. The largest absolute Gasteiger partial charge is 0.393 e. The Hall–Kier alpha value is -0.450. The fourth-order valence-electron chi connectivity index (χ4n) is 1.94. The van der Waals surface area contributed by atoms with Crippen molar-refractivity contribution in [1.82, 2.24) is 0 Å². The molecule has 0 spiro atoms. The van der Waals surface area contributed by atoms with Gasteiger partial charge < -0.3 is 10.8 Å². The number of aliphatic hydroxyl groups excluding tert-OH is 1. The van der Waals surface area contributed by atoms with Gasteiger partial charge in [-0.25, -0.2) is 4.39 Å². The van der Waals surface area contributed by atoms with Crippen LogP contribution < -0.4 is 5.73 Å². The quantitative estimate of drug-likeness (QED) is 0.868. The topological polar surface area (TPSA) is 46.2 Å². The fraction of sp³-hybridized carbons (Fsp3) is 0.455. The van der Waals surface area contributed by atoms with Crippen LogP contribution in [-0.2, 0) is 5.54 Å². The number of rotatable bonds is 2. The molecular weight excluding hydrogens is 261 g/mol. The minimum absolute atomic E-state index is 0.0405. The van der Waals surface area contributed by atoms with Crippen molar-refractivity contribution in [2.75, 3.05) is 0 Å². The van der Waals surface area contributed by atoms with E-state index in [4.69, 9.17) is 5.73 Å². The summed E-state index contributed by atoms with van der Waals surface area (Å²) in [6.07, 6.45) is 0.261. The second kappa shape index (κ2) is 3.54. The zero-order chi connectivity index (χ0) is 11.2. The summed E-state index contributed by atoms with van der Waals surface area (Å²) in [6.45, 7) is 1.76. The first-order chi connectivity index (χ1) is 6.93. The molecule has 1 aromatic rings. The Balaban J connectivity index is 2.39. The van der Waals surface area contributed by atoms with Gasteiger partial charge in [0.1, 0.15) is 5.82 Å². The first-order valence-electron chi connectivity index (χ1n) is 4.85. The van der Waals surface area contributed by atoms with Crippen LogP contribution in [0.25, 0.3) is 0 Å². The summed E-state index contributed by atoms with van der Waals surface area (Å²) in [5.74, 6) is -0.358. The van der Waals surface area contributed by atoms with E-state index in [1.54, 1.807) is 19.1 Å². The molecule has 3 N–H and O–H groups in total. The molecule has 1 aromatic carbocycles. The summed E-state index contributed by atoms with van der Waals surface area (Å²) in [6, 6.07) is 4.71. The van der Waals surface area contributed by atoms with Crippen LogP contribution in [0, 0.1) is 11.7 Å². The summed E-state index contributed by atoms with van der Waals surface area (Å²) in [5, 5.41) is 9.37. The van der Waals surface area contributed by atoms with E-state index in [2.05, 4.69) is 15.9 Å². The van der Waals surface area contributed by atoms with Gasteiger partial charge in [-0.05, 0) is 31.5 Å². The minimum Gasteiger partial charge on any atom is -0.393 e. The van der Waals surface area contributed by atoms with E-state index in [1.807, 2.05) is 0 Å². The highest BCUT2D eigenvalue weighted by Gasteiger charge is 2.49. The SMILES string of the molecule is C[C@](N)(c1cc(Br)ccc1F)[C@H]1CC1O. The van der Waals surface area contributed by atoms with Crippen molar-refractivity contribution in [3.05, 3.63) is 34.1 Å². The first-order valence-corrected chi connectivity index (χ1v) is 5.64.